The first-order valence-electron chi connectivity index (χ1n) is 10.8. The van der Waals surface area contributed by atoms with Gasteiger partial charge in [0.1, 0.15) is 5.75 Å². The van der Waals surface area contributed by atoms with Crippen LogP contribution >= 0.6 is 0 Å². The van der Waals surface area contributed by atoms with E-state index in [-0.39, 0.29) is 17.3 Å². The van der Waals surface area contributed by atoms with Crippen LogP contribution in [0.3, 0.4) is 0 Å². The summed E-state index contributed by atoms with van der Waals surface area (Å²) in [4.78, 5) is 12.7. The molecule has 2 aromatic rings. The Labute approximate surface area is 180 Å². The van der Waals surface area contributed by atoms with Crippen LogP contribution in [0.25, 0.3) is 0 Å². The normalized spacial score (nSPS) is 18.8. The van der Waals surface area contributed by atoms with Crippen LogP contribution in [0.5, 0.6) is 5.75 Å². The minimum absolute atomic E-state index is 0.172. The van der Waals surface area contributed by atoms with E-state index in [1.54, 1.807) is 12.1 Å². The summed E-state index contributed by atoms with van der Waals surface area (Å²) in [7, 11) is -0.929. The smallest absolute Gasteiger partial charge is 0.255 e. The molecule has 30 heavy (non-hydrogen) atoms. The van der Waals surface area contributed by atoms with Gasteiger partial charge in [0.05, 0.1) is 6.10 Å². The highest BCUT2D eigenvalue weighted by Crippen LogP contribution is 2.25. The summed E-state index contributed by atoms with van der Waals surface area (Å²) in [6.45, 7) is 1.38. The van der Waals surface area contributed by atoms with E-state index in [2.05, 4.69) is 5.32 Å². The molecule has 1 atom stereocenters. The summed E-state index contributed by atoms with van der Waals surface area (Å²) in [5, 5.41) is 3.15. The maximum atomic E-state index is 12.7. The largest absolute Gasteiger partial charge is 0.490 e. The van der Waals surface area contributed by atoms with Crippen molar-refractivity contribution in [3.8, 4) is 5.75 Å². The van der Waals surface area contributed by atoms with Gasteiger partial charge in [-0.05, 0) is 74.4 Å². The van der Waals surface area contributed by atoms with E-state index in [0.29, 0.717) is 30.2 Å². The monoisotopic (exact) mass is 427 g/mol. The highest BCUT2D eigenvalue weighted by Gasteiger charge is 2.20. The first kappa shape index (κ1) is 21.1. The Bertz CT molecular complexity index is 888. The van der Waals surface area contributed by atoms with Crippen molar-refractivity contribution in [2.24, 2.45) is 0 Å². The molecular formula is C24H29NO4S. The third kappa shape index (κ3) is 5.70. The summed E-state index contributed by atoms with van der Waals surface area (Å²) in [5.74, 6) is 1.07. The molecule has 2 fully saturated rings. The summed E-state index contributed by atoms with van der Waals surface area (Å²) in [6, 6.07) is 15.0. The van der Waals surface area contributed by atoms with Gasteiger partial charge in [0.25, 0.3) is 5.91 Å². The Morgan fingerprint density at radius 3 is 2.60 bits per heavy atom. The lowest BCUT2D eigenvalue weighted by Crippen LogP contribution is -2.25. The fourth-order valence-electron chi connectivity index (χ4n) is 4.07. The van der Waals surface area contributed by atoms with Crippen molar-refractivity contribution in [2.75, 3.05) is 18.5 Å². The zero-order chi connectivity index (χ0) is 20.8. The predicted molar refractivity (Wildman–Crippen MR) is 119 cm³/mol. The Kier molecular flexibility index (Phi) is 7.18. The molecule has 160 valence electrons. The van der Waals surface area contributed by atoms with Gasteiger partial charge in [-0.15, -0.1) is 0 Å². The Hall–Kier alpha value is -2.18. The van der Waals surface area contributed by atoms with Crippen molar-refractivity contribution in [3.63, 3.8) is 0 Å². The lowest BCUT2D eigenvalue weighted by molar-refractivity contribution is 0.0991. The molecule has 6 heteroatoms. The van der Waals surface area contributed by atoms with Gasteiger partial charge < -0.3 is 14.8 Å². The molecule has 5 nitrogen and oxygen atoms in total. The second-order valence-electron chi connectivity index (χ2n) is 8.04. The molecule has 2 aromatic carbocycles. The third-order valence-corrected chi connectivity index (χ3v) is 7.57. The number of ether oxygens (including phenoxy) is 2. The van der Waals surface area contributed by atoms with Gasteiger partial charge in [0, 0.05) is 46.3 Å². The predicted octanol–water partition coefficient (Wildman–Crippen LogP) is 4.69. The highest BCUT2D eigenvalue weighted by molar-refractivity contribution is 7.84. The first-order chi connectivity index (χ1) is 14.7. The number of rotatable bonds is 7. The Morgan fingerprint density at radius 1 is 1.03 bits per heavy atom. The van der Waals surface area contributed by atoms with Crippen LogP contribution in [0.15, 0.2) is 48.5 Å². The van der Waals surface area contributed by atoms with E-state index < -0.39 is 10.8 Å². The van der Waals surface area contributed by atoms with Gasteiger partial charge in [-0.3, -0.25) is 9.00 Å². The molecule has 1 saturated heterocycles. The molecule has 1 amide bonds. The van der Waals surface area contributed by atoms with E-state index in [9.17, 15) is 9.00 Å². The molecule has 1 N–H and O–H groups in total. The molecule has 1 saturated carbocycles. The molecule has 1 aliphatic heterocycles. The van der Waals surface area contributed by atoms with Gasteiger partial charge in [0.2, 0.25) is 0 Å². The van der Waals surface area contributed by atoms with Crippen LogP contribution in [0.1, 0.15) is 54.4 Å². The van der Waals surface area contributed by atoms with E-state index in [1.165, 1.54) is 12.8 Å². The molecule has 1 heterocycles. The number of hydrogen-bond donors (Lipinski definition) is 1. The number of benzene rings is 2. The Balaban J connectivity index is 1.37. The number of anilines is 1. The van der Waals surface area contributed by atoms with Crippen LogP contribution in [-0.2, 0) is 21.3 Å². The van der Waals surface area contributed by atoms with Crippen molar-refractivity contribution in [3.05, 3.63) is 59.7 Å². The van der Waals surface area contributed by atoms with Crippen LogP contribution in [-0.4, -0.2) is 34.7 Å². The van der Waals surface area contributed by atoms with Gasteiger partial charge in [-0.25, -0.2) is 0 Å². The second-order valence-corrected chi connectivity index (χ2v) is 9.76. The van der Waals surface area contributed by atoms with E-state index in [4.69, 9.17) is 9.47 Å². The van der Waals surface area contributed by atoms with Gasteiger partial charge in [-0.1, -0.05) is 18.2 Å². The fraction of sp³-hybridized carbons (Fsp3) is 0.458. The average molecular weight is 428 g/mol. The molecule has 0 spiro atoms. The van der Waals surface area contributed by atoms with Crippen molar-refractivity contribution >= 4 is 22.4 Å². The lowest BCUT2D eigenvalue weighted by atomic mass is 10.1. The third-order valence-electron chi connectivity index (χ3n) is 5.74. The molecule has 1 unspecified atom stereocenters. The Morgan fingerprint density at radius 2 is 1.80 bits per heavy atom. The molecule has 0 aromatic heterocycles. The van der Waals surface area contributed by atoms with E-state index in [1.807, 2.05) is 36.4 Å². The zero-order valence-corrected chi connectivity index (χ0v) is 18.0. The van der Waals surface area contributed by atoms with Gasteiger partial charge >= 0.3 is 0 Å². The van der Waals surface area contributed by atoms with Crippen molar-refractivity contribution in [1.82, 2.24) is 0 Å². The van der Waals surface area contributed by atoms with Crippen molar-refractivity contribution < 1.29 is 18.5 Å². The summed E-state index contributed by atoms with van der Waals surface area (Å²) < 4.78 is 24.0. The van der Waals surface area contributed by atoms with Gasteiger partial charge in [-0.2, -0.15) is 0 Å². The number of carbonyl (C=O) groups excluding carboxylic acids is 1. The molecule has 4 rings (SSSR count). The first-order valence-corrected chi connectivity index (χ1v) is 12.2. The summed E-state index contributed by atoms with van der Waals surface area (Å²) in [5.41, 5.74) is 2.25. The molecular weight excluding hydrogens is 398 g/mol. The average Bonchev–Trinajstić information content (AvgIpc) is 3.28. The maximum absolute atomic E-state index is 12.7. The minimum atomic E-state index is -0.929. The number of carbonyl (C=O) groups is 1. The highest BCUT2D eigenvalue weighted by atomic mass is 32.2. The summed E-state index contributed by atoms with van der Waals surface area (Å²) >= 11 is 0. The van der Waals surface area contributed by atoms with Crippen LogP contribution in [0, 0.1) is 0 Å². The van der Waals surface area contributed by atoms with E-state index >= 15 is 0 Å². The van der Waals surface area contributed by atoms with Gasteiger partial charge in [0.15, 0.2) is 0 Å². The van der Waals surface area contributed by atoms with Crippen molar-refractivity contribution in [2.45, 2.75) is 55.6 Å². The van der Waals surface area contributed by atoms with Crippen LogP contribution in [0.2, 0.25) is 0 Å². The quantitative estimate of drug-likeness (QED) is 0.696. The molecule has 2 aliphatic rings. The molecule has 1 aliphatic carbocycles. The number of hydrogen-bond acceptors (Lipinski definition) is 4. The topological polar surface area (TPSA) is 64.6 Å². The van der Waals surface area contributed by atoms with Crippen LogP contribution < -0.4 is 10.1 Å². The van der Waals surface area contributed by atoms with Crippen molar-refractivity contribution in [1.29, 1.82) is 0 Å². The fourth-order valence-corrected chi connectivity index (χ4v) is 5.53. The minimum Gasteiger partial charge on any atom is -0.490 e. The second kappa shape index (κ2) is 10.2. The number of nitrogens with one attached hydrogen (secondary N) is 1. The molecule has 0 bridgehead atoms. The van der Waals surface area contributed by atoms with Crippen LogP contribution in [0.4, 0.5) is 5.69 Å². The standard InChI is InChI=1S/C24H29NO4S/c26-24(19-6-4-10-22(16-19)29-21-8-1-2-9-21)25-20-7-3-5-18(15-20)17-30(27)23-11-13-28-14-12-23/h3-7,10,15-16,21,23H,1-2,8-9,11-14,17H2,(H,25,26). The summed E-state index contributed by atoms with van der Waals surface area (Å²) in [6.07, 6.45) is 6.54. The lowest BCUT2D eigenvalue weighted by Gasteiger charge is -2.21. The maximum Gasteiger partial charge on any atom is 0.255 e. The zero-order valence-electron chi connectivity index (χ0n) is 17.2. The van der Waals surface area contributed by atoms with E-state index in [0.717, 1.165) is 37.0 Å². The molecule has 0 radical (unpaired) electrons. The SMILES string of the molecule is O=C(Nc1cccc(CS(=O)C2CCOCC2)c1)c1cccc(OC2CCCC2)c1. The number of amides is 1.